The number of hydrogen-bond acceptors (Lipinski definition) is 7. The number of amides is 2. The van der Waals surface area contributed by atoms with Crippen LogP contribution < -0.4 is 11.3 Å². The van der Waals surface area contributed by atoms with Crippen molar-refractivity contribution in [2.24, 2.45) is 11.7 Å². The minimum atomic E-state index is -4.64. The second kappa shape index (κ2) is 12.6. The summed E-state index contributed by atoms with van der Waals surface area (Å²) < 4.78 is 48.6. The number of fused-ring (bicyclic) bond motifs is 3. The largest absolute Gasteiger partial charge is 0.443 e. The molecular formula is C32H30BrF3N6O5. The average molecular weight is 716 g/mol. The molecule has 47 heavy (non-hydrogen) atoms. The first-order valence-electron chi connectivity index (χ1n) is 14.9. The summed E-state index contributed by atoms with van der Waals surface area (Å²) in [6.07, 6.45) is 0.0598. The Bertz CT molecular complexity index is 1950. The van der Waals surface area contributed by atoms with Gasteiger partial charge in [-0.05, 0) is 74.1 Å². The fourth-order valence-electron chi connectivity index (χ4n) is 5.72. The summed E-state index contributed by atoms with van der Waals surface area (Å²) in [5.41, 5.74) is 7.02. The van der Waals surface area contributed by atoms with Crippen LogP contribution in [0.1, 0.15) is 55.9 Å². The maximum absolute atomic E-state index is 14.2. The molecule has 0 bridgehead atoms. The molecule has 0 radical (unpaired) electrons. The molecule has 2 aliphatic rings. The molecule has 246 valence electrons. The fraction of sp³-hybridized carbons (Fsp3) is 0.344. The predicted molar refractivity (Wildman–Crippen MR) is 167 cm³/mol. The Morgan fingerprint density at radius 1 is 1.11 bits per heavy atom. The predicted octanol–water partition coefficient (Wildman–Crippen LogP) is 3.95. The van der Waals surface area contributed by atoms with Crippen molar-refractivity contribution in [1.82, 2.24) is 24.0 Å². The first-order chi connectivity index (χ1) is 22.4. The van der Waals surface area contributed by atoms with E-state index in [0.29, 0.717) is 40.5 Å². The number of nitrogens with two attached hydrogens (primary N) is 1. The molecule has 1 fully saturated rings. The smallest absolute Gasteiger partial charge is 0.417 e. The van der Waals surface area contributed by atoms with Crippen LogP contribution in [0.25, 0.3) is 11.3 Å². The van der Waals surface area contributed by atoms with Crippen molar-refractivity contribution in [2.75, 3.05) is 26.9 Å². The first kappa shape index (κ1) is 32.4. The van der Waals surface area contributed by atoms with E-state index in [1.54, 1.807) is 39.5 Å². The zero-order chi connectivity index (χ0) is 33.6. The summed E-state index contributed by atoms with van der Waals surface area (Å²) in [4.78, 5) is 54.6. The minimum absolute atomic E-state index is 0.0167. The molecule has 6 rings (SSSR count). The highest BCUT2D eigenvalue weighted by molar-refractivity contribution is 9.10. The molecule has 0 unspecified atom stereocenters. The number of halogens is 4. The highest BCUT2D eigenvalue weighted by Crippen LogP contribution is 2.36. The summed E-state index contributed by atoms with van der Waals surface area (Å²) in [5.74, 6) is -1.17. The van der Waals surface area contributed by atoms with Crippen LogP contribution in [0.15, 0.2) is 57.9 Å². The number of rotatable bonds is 8. The topological polar surface area (TPSA) is 132 Å². The van der Waals surface area contributed by atoms with Gasteiger partial charge in [0.25, 0.3) is 17.4 Å². The fourth-order valence-corrected chi connectivity index (χ4v) is 6.19. The molecule has 1 aliphatic heterocycles. The lowest BCUT2D eigenvalue weighted by atomic mass is 10.0. The lowest BCUT2D eigenvalue weighted by Crippen LogP contribution is -2.41. The third-order valence-electron chi connectivity index (χ3n) is 8.38. The normalized spacial score (nSPS) is 14.6. The van der Waals surface area contributed by atoms with Crippen molar-refractivity contribution < 1.29 is 32.3 Å². The Morgan fingerprint density at radius 2 is 1.81 bits per heavy atom. The molecule has 2 N–H and O–H groups in total. The van der Waals surface area contributed by atoms with Gasteiger partial charge in [-0.15, -0.1) is 0 Å². The first-order valence-corrected chi connectivity index (χ1v) is 15.7. The number of benzene rings is 2. The maximum atomic E-state index is 14.2. The van der Waals surface area contributed by atoms with Crippen LogP contribution in [0.5, 0.6) is 0 Å². The van der Waals surface area contributed by atoms with Gasteiger partial charge in [0.15, 0.2) is 6.73 Å². The van der Waals surface area contributed by atoms with Crippen LogP contribution in [0.3, 0.4) is 0 Å². The molecule has 15 heteroatoms. The Balaban J connectivity index is 1.35. The molecule has 0 spiro atoms. The van der Waals surface area contributed by atoms with Gasteiger partial charge < -0.3 is 20.3 Å². The van der Waals surface area contributed by atoms with Gasteiger partial charge in [0.05, 0.1) is 36.2 Å². The lowest BCUT2D eigenvalue weighted by Gasteiger charge is -2.30. The zero-order valence-corrected chi connectivity index (χ0v) is 26.8. The zero-order valence-electron chi connectivity index (χ0n) is 25.2. The molecule has 2 aromatic heterocycles. The standard InChI is InChI=1S/C32H30BrF3N6O5/c1-39(17-47-27(43)14-37)29(44)19-4-7-22(8-5-19)41-28-21(12-18-2-3-18)15-38-42(28)26-16-40(11-10-23(26)31(41)46)30(45)20-6-9-25(33)24(13-20)32(34,35)36/h4-9,13,15,18H,2-3,10-12,14,16-17,37H2,1H3. The second-order valence-corrected chi connectivity index (χ2v) is 12.5. The van der Waals surface area contributed by atoms with Gasteiger partial charge in [-0.3, -0.25) is 23.7 Å². The Labute approximate surface area is 274 Å². The Hall–Kier alpha value is -4.50. The highest BCUT2D eigenvalue weighted by atomic mass is 79.9. The molecule has 1 saturated carbocycles. The monoisotopic (exact) mass is 714 g/mol. The van der Waals surface area contributed by atoms with Gasteiger partial charge in [0.1, 0.15) is 5.65 Å². The highest BCUT2D eigenvalue weighted by Gasteiger charge is 2.35. The molecule has 0 saturated heterocycles. The van der Waals surface area contributed by atoms with E-state index < -0.39 is 29.5 Å². The van der Waals surface area contributed by atoms with Gasteiger partial charge in [0, 0.05) is 40.3 Å². The molecule has 3 heterocycles. The number of esters is 1. The van der Waals surface area contributed by atoms with Gasteiger partial charge in [-0.2, -0.15) is 18.3 Å². The third-order valence-corrected chi connectivity index (χ3v) is 9.07. The van der Waals surface area contributed by atoms with Crippen molar-refractivity contribution in [1.29, 1.82) is 0 Å². The molecule has 0 atom stereocenters. The minimum Gasteiger partial charge on any atom is -0.443 e. The third kappa shape index (κ3) is 6.41. The number of hydrogen-bond donors (Lipinski definition) is 1. The number of carbonyl (C=O) groups excluding carboxylic acids is 3. The molecule has 11 nitrogen and oxygen atoms in total. The summed E-state index contributed by atoms with van der Waals surface area (Å²) in [6.45, 7) is -0.473. The van der Waals surface area contributed by atoms with Gasteiger partial charge in [0.2, 0.25) is 0 Å². The van der Waals surface area contributed by atoms with E-state index in [0.717, 1.165) is 24.5 Å². The summed E-state index contributed by atoms with van der Waals surface area (Å²) in [5, 5.41) is 4.63. The van der Waals surface area contributed by atoms with Crippen molar-refractivity contribution in [3.8, 4) is 5.69 Å². The van der Waals surface area contributed by atoms with Crippen molar-refractivity contribution in [3.05, 3.63) is 97.0 Å². The Morgan fingerprint density at radius 3 is 2.47 bits per heavy atom. The van der Waals surface area contributed by atoms with E-state index in [4.69, 9.17) is 10.5 Å². The van der Waals surface area contributed by atoms with Crippen LogP contribution in [0, 0.1) is 5.92 Å². The molecule has 2 amide bonds. The number of aromatic nitrogens is 3. The number of ether oxygens (including phenoxy) is 1. The summed E-state index contributed by atoms with van der Waals surface area (Å²) in [6, 6.07) is 9.83. The van der Waals surface area contributed by atoms with E-state index in [9.17, 15) is 32.3 Å². The van der Waals surface area contributed by atoms with E-state index in [1.807, 2.05) is 0 Å². The van der Waals surface area contributed by atoms with E-state index in [-0.39, 0.29) is 48.4 Å². The van der Waals surface area contributed by atoms with Crippen molar-refractivity contribution in [3.63, 3.8) is 0 Å². The summed E-state index contributed by atoms with van der Waals surface area (Å²) in [7, 11) is 1.48. The Kier molecular flexibility index (Phi) is 8.70. The van der Waals surface area contributed by atoms with Gasteiger partial charge in [-0.25, -0.2) is 4.52 Å². The van der Waals surface area contributed by atoms with Crippen molar-refractivity contribution in [2.45, 2.75) is 38.4 Å². The second-order valence-electron chi connectivity index (χ2n) is 11.7. The van der Waals surface area contributed by atoms with Crippen LogP contribution in [0.4, 0.5) is 13.2 Å². The van der Waals surface area contributed by atoms with E-state index in [2.05, 4.69) is 21.0 Å². The maximum Gasteiger partial charge on any atom is 0.417 e. The molecule has 4 aromatic rings. The average Bonchev–Trinajstić information content (AvgIpc) is 3.79. The van der Waals surface area contributed by atoms with E-state index in [1.165, 1.54) is 29.0 Å². The lowest BCUT2D eigenvalue weighted by molar-refractivity contribution is -0.145. The number of nitrogens with zero attached hydrogens (tertiary/aromatic N) is 5. The van der Waals surface area contributed by atoms with Crippen LogP contribution in [-0.2, 0) is 35.1 Å². The molecule has 1 aliphatic carbocycles. The van der Waals surface area contributed by atoms with Crippen LogP contribution in [-0.4, -0.2) is 68.6 Å². The van der Waals surface area contributed by atoms with Gasteiger partial charge >= 0.3 is 12.1 Å². The quantitative estimate of drug-likeness (QED) is 0.216. The van der Waals surface area contributed by atoms with Crippen LogP contribution in [0.2, 0.25) is 0 Å². The number of carbonyl (C=O) groups is 3. The number of alkyl halides is 3. The van der Waals surface area contributed by atoms with Crippen LogP contribution >= 0.6 is 15.9 Å². The summed E-state index contributed by atoms with van der Waals surface area (Å²) >= 11 is 2.92. The molecule has 2 aromatic carbocycles. The van der Waals surface area contributed by atoms with Crippen molar-refractivity contribution >= 4 is 39.4 Å². The van der Waals surface area contributed by atoms with Gasteiger partial charge in [-0.1, -0.05) is 15.9 Å². The van der Waals surface area contributed by atoms with E-state index >= 15 is 0 Å². The molecular weight excluding hydrogens is 685 g/mol. The SMILES string of the molecule is CN(COC(=O)CN)C(=O)c1ccc(-n2c(=O)c3c(n4ncc(CC5CC5)c24)CN(C(=O)c2ccc(Br)c(C(F)(F)F)c2)CC3)cc1.